The molecule has 0 radical (unpaired) electrons. The summed E-state index contributed by atoms with van der Waals surface area (Å²) in [4.78, 5) is 12.2. The molecule has 1 aromatic carbocycles. The summed E-state index contributed by atoms with van der Waals surface area (Å²) in [5.74, 6) is -0.366. The minimum Gasteiger partial charge on any atom is -0.324 e. The van der Waals surface area contributed by atoms with Crippen molar-refractivity contribution in [1.82, 2.24) is 0 Å². The maximum Gasteiger partial charge on any atom is 0.244 e. The van der Waals surface area contributed by atoms with Crippen molar-refractivity contribution in [3.8, 4) is 0 Å². The average molecular weight is 285 g/mol. The van der Waals surface area contributed by atoms with E-state index >= 15 is 0 Å². The van der Waals surface area contributed by atoms with Crippen LogP contribution in [0.1, 0.15) is 32.6 Å². The molecule has 3 nitrogen and oxygen atoms in total. The summed E-state index contributed by atoms with van der Waals surface area (Å²) >= 11 is 5.60. The van der Waals surface area contributed by atoms with Crippen LogP contribution >= 0.6 is 11.6 Å². The Balaban J connectivity index is 2.09. The van der Waals surface area contributed by atoms with Gasteiger partial charge in [0, 0.05) is 5.69 Å². The van der Waals surface area contributed by atoms with Gasteiger partial charge in [-0.15, -0.1) is 0 Å². The van der Waals surface area contributed by atoms with Gasteiger partial charge in [-0.25, -0.2) is 4.39 Å². The lowest BCUT2D eigenvalue weighted by molar-refractivity contribution is -0.122. The van der Waals surface area contributed by atoms with Crippen LogP contribution in [-0.4, -0.2) is 11.4 Å². The largest absolute Gasteiger partial charge is 0.324 e. The Hall–Kier alpha value is -1.13. The first-order valence-electron chi connectivity index (χ1n) is 6.46. The summed E-state index contributed by atoms with van der Waals surface area (Å²) in [6.45, 7) is 2.09. The predicted octanol–water partition coefficient (Wildman–Crippen LogP) is 3.33. The van der Waals surface area contributed by atoms with Crippen molar-refractivity contribution in [2.45, 2.75) is 38.1 Å². The number of hydrogen-bond donors (Lipinski definition) is 2. The van der Waals surface area contributed by atoms with E-state index in [4.69, 9.17) is 17.3 Å². The molecule has 0 aromatic heterocycles. The fraction of sp³-hybridized carbons (Fsp3) is 0.500. The molecule has 104 valence electrons. The van der Waals surface area contributed by atoms with Crippen LogP contribution in [0.25, 0.3) is 0 Å². The predicted molar refractivity (Wildman–Crippen MR) is 74.6 cm³/mol. The smallest absolute Gasteiger partial charge is 0.244 e. The molecule has 1 fully saturated rings. The first-order valence-corrected chi connectivity index (χ1v) is 6.84. The lowest BCUT2D eigenvalue weighted by atomic mass is 9.76. The van der Waals surface area contributed by atoms with Crippen molar-refractivity contribution >= 4 is 23.2 Å². The molecule has 0 spiro atoms. The van der Waals surface area contributed by atoms with Crippen LogP contribution in [0.3, 0.4) is 0 Å². The topological polar surface area (TPSA) is 55.1 Å². The van der Waals surface area contributed by atoms with Crippen molar-refractivity contribution in [2.24, 2.45) is 11.7 Å². The van der Waals surface area contributed by atoms with Crippen LogP contribution in [0.4, 0.5) is 10.1 Å². The molecule has 0 bridgehead atoms. The highest BCUT2D eigenvalue weighted by Crippen LogP contribution is 2.31. The number of amides is 1. The molecule has 0 saturated heterocycles. The van der Waals surface area contributed by atoms with Crippen molar-refractivity contribution in [1.29, 1.82) is 0 Å². The van der Waals surface area contributed by atoms with Crippen LogP contribution in [0, 0.1) is 11.7 Å². The Bertz CT molecular complexity index is 494. The van der Waals surface area contributed by atoms with Gasteiger partial charge in [0.25, 0.3) is 0 Å². The zero-order valence-corrected chi connectivity index (χ0v) is 11.6. The van der Waals surface area contributed by atoms with E-state index in [1.165, 1.54) is 12.1 Å². The Morgan fingerprint density at radius 1 is 1.58 bits per heavy atom. The van der Waals surface area contributed by atoms with Gasteiger partial charge in [0.05, 0.1) is 10.6 Å². The number of carbonyl (C=O) groups excluding carboxylic acids is 1. The second kappa shape index (κ2) is 5.47. The monoisotopic (exact) mass is 284 g/mol. The molecule has 3 N–H and O–H groups in total. The molecule has 1 aliphatic carbocycles. The molecular weight excluding hydrogens is 267 g/mol. The molecule has 1 aromatic rings. The average Bonchev–Trinajstić information content (AvgIpc) is 2.33. The summed E-state index contributed by atoms with van der Waals surface area (Å²) in [5, 5.41) is 2.71. The number of hydrogen-bond acceptors (Lipinski definition) is 2. The van der Waals surface area contributed by atoms with Crippen LogP contribution in [0.2, 0.25) is 5.02 Å². The molecule has 0 heterocycles. The highest BCUT2D eigenvalue weighted by Gasteiger charge is 2.37. The first-order chi connectivity index (χ1) is 8.90. The number of rotatable bonds is 2. The summed E-state index contributed by atoms with van der Waals surface area (Å²) in [7, 11) is 0. The highest BCUT2D eigenvalue weighted by molar-refractivity contribution is 6.30. The zero-order valence-electron chi connectivity index (χ0n) is 10.9. The van der Waals surface area contributed by atoms with Crippen molar-refractivity contribution < 1.29 is 9.18 Å². The van der Waals surface area contributed by atoms with Gasteiger partial charge in [-0.2, -0.15) is 0 Å². The third-order valence-corrected chi connectivity index (χ3v) is 3.97. The Kier molecular flexibility index (Phi) is 4.11. The van der Waals surface area contributed by atoms with E-state index in [2.05, 4.69) is 12.2 Å². The maximum absolute atomic E-state index is 13.3. The van der Waals surface area contributed by atoms with E-state index in [0.29, 0.717) is 24.4 Å². The minimum absolute atomic E-state index is 0.0340. The minimum atomic E-state index is -0.853. The summed E-state index contributed by atoms with van der Waals surface area (Å²) in [6, 6.07) is 4.19. The van der Waals surface area contributed by atoms with Gasteiger partial charge in [0.15, 0.2) is 0 Å². The Morgan fingerprint density at radius 2 is 2.32 bits per heavy atom. The number of nitrogens with one attached hydrogen (secondary N) is 1. The Morgan fingerprint density at radius 3 is 2.95 bits per heavy atom. The zero-order chi connectivity index (χ0) is 14.0. The van der Waals surface area contributed by atoms with E-state index < -0.39 is 11.4 Å². The standard InChI is InChI=1S/C14H18ClFN2O/c1-9-3-2-6-14(17,8-9)13(19)18-10-4-5-11(15)12(16)7-10/h4-5,7,9H,2-3,6,8,17H2,1H3,(H,18,19). The van der Waals surface area contributed by atoms with E-state index in [1.807, 2.05) is 0 Å². The molecule has 1 aliphatic rings. The van der Waals surface area contributed by atoms with E-state index in [1.54, 1.807) is 6.07 Å². The van der Waals surface area contributed by atoms with Gasteiger partial charge in [-0.3, -0.25) is 4.79 Å². The normalized spacial score (nSPS) is 27.1. The maximum atomic E-state index is 13.3. The van der Waals surface area contributed by atoms with Gasteiger partial charge in [-0.1, -0.05) is 31.4 Å². The molecule has 2 atom stereocenters. The molecule has 2 unspecified atom stereocenters. The van der Waals surface area contributed by atoms with Crippen molar-refractivity contribution in [3.05, 3.63) is 29.0 Å². The van der Waals surface area contributed by atoms with Gasteiger partial charge in [0.1, 0.15) is 5.82 Å². The number of carbonyl (C=O) groups is 1. The fourth-order valence-corrected chi connectivity index (χ4v) is 2.75. The lowest BCUT2D eigenvalue weighted by Gasteiger charge is -2.35. The molecule has 0 aliphatic heterocycles. The number of anilines is 1. The van der Waals surface area contributed by atoms with Gasteiger partial charge in [-0.05, 0) is 37.0 Å². The first kappa shape index (κ1) is 14.3. The van der Waals surface area contributed by atoms with Gasteiger partial charge in [0.2, 0.25) is 5.91 Å². The van der Waals surface area contributed by atoms with Crippen molar-refractivity contribution in [2.75, 3.05) is 5.32 Å². The molecule has 5 heteroatoms. The highest BCUT2D eigenvalue weighted by atomic mass is 35.5. The van der Waals surface area contributed by atoms with E-state index in [9.17, 15) is 9.18 Å². The van der Waals surface area contributed by atoms with Crippen LogP contribution in [0.15, 0.2) is 18.2 Å². The summed E-state index contributed by atoms with van der Waals surface area (Å²) in [5.41, 5.74) is 5.71. The quantitative estimate of drug-likeness (QED) is 0.875. The second-order valence-corrected chi connectivity index (χ2v) is 5.85. The van der Waals surface area contributed by atoms with Gasteiger partial charge >= 0.3 is 0 Å². The van der Waals surface area contributed by atoms with E-state index in [-0.39, 0.29) is 10.9 Å². The van der Waals surface area contributed by atoms with Crippen LogP contribution in [0.5, 0.6) is 0 Å². The lowest BCUT2D eigenvalue weighted by Crippen LogP contribution is -2.53. The van der Waals surface area contributed by atoms with Crippen molar-refractivity contribution in [3.63, 3.8) is 0 Å². The summed E-state index contributed by atoms with van der Waals surface area (Å²) in [6.07, 6.45) is 3.37. The second-order valence-electron chi connectivity index (χ2n) is 5.44. The van der Waals surface area contributed by atoms with Gasteiger partial charge < -0.3 is 11.1 Å². The Labute approximate surface area is 117 Å². The summed E-state index contributed by atoms with van der Waals surface area (Å²) < 4.78 is 13.3. The van der Waals surface area contributed by atoms with E-state index in [0.717, 1.165) is 12.8 Å². The third-order valence-electron chi connectivity index (χ3n) is 3.66. The number of benzene rings is 1. The molecular formula is C14H18ClFN2O. The fourth-order valence-electron chi connectivity index (χ4n) is 2.63. The molecule has 19 heavy (non-hydrogen) atoms. The molecule has 1 amide bonds. The van der Waals surface area contributed by atoms with Crippen LogP contribution < -0.4 is 11.1 Å². The number of nitrogens with two attached hydrogens (primary N) is 1. The third kappa shape index (κ3) is 3.25. The molecule has 1 saturated carbocycles. The SMILES string of the molecule is CC1CCCC(N)(C(=O)Nc2ccc(Cl)c(F)c2)C1. The molecule has 2 rings (SSSR count). The number of halogens is 2. The van der Waals surface area contributed by atoms with Crippen LogP contribution in [-0.2, 0) is 4.79 Å².